The molecule has 0 amide bonds. The van der Waals surface area contributed by atoms with Crippen molar-refractivity contribution in [1.82, 2.24) is 5.32 Å². The number of nitrogens with two attached hydrogens (primary N) is 1. The first kappa shape index (κ1) is 30.4. The minimum Gasteiger partial charge on any atom is -0.364 e. The van der Waals surface area contributed by atoms with Crippen molar-refractivity contribution in [3.63, 3.8) is 0 Å². The number of hydrogen-bond acceptors (Lipinski definition) is 2. The van der Waals surface area contributed by atoms with Gasteiger partial charge < -0.3 is 11.1 Å². The Hall–Kier alpha value is -3.10. The molecule has 2 heteroatoms. The molecule has 2 aromatic rings. The molecule has 0 fully saturated rings. The molecular weight excluding hydrogens is 472 g/mol. The lowest BCUT2D eigenvalue weighted by atomic mass is 9.78. The average molecular weight is 523 g/mol. The van der Waals surface area contributed by atoms with Gasteiger partial charge >= 0.3 is 0 Å². The highest BCUT2D eigenvalue weighted by Crippen LogP contribution is 2.40. The molecular formula is C37H50N2. The molecule has 2 unspecified atom stereocenters. The predicted octanol–water partition coefficient (Wildman–Crippen LogP) is 9.73. The molecule has 2 aliphatic rings. The van der Waals surface area contributed by atoms with Crippen LogP contribution in [0.25, 0.3) is 11.1 Å². The number of benzene rings is 2. The Balaban J connectivity index is 0.00000205. The SMILES string of the molecule is CC.CCC/C(C)=C(/c1ccc(CN)cc1)c1cc(C2=C(C3C=CC=C(C)C3C)NC=C(C)C2)ccc1CC. The fourth-order valence-electron chi connectivity index (χ4n) is 5.79. The van der Waals surface area contributed by atoms with Crippen LogP contribution in [0.15, 0.2) is 89.3 Å². The van der Waals surface area contributed by atoms with E-state index >= 15 is 0 Å². The smallest absolute Gasteiger partial charge is 0.0264 e. The summed E-state index contributed by atoms with van der Waals surface area (Å²) in [7, 11) is 0. The van der Waals surface area contributed by atoms with Crippen LogP contribution < -0.4 is 11.1 Å². The van der Waals surface area contributed by atoms with Crippen LogP contribution in [0.1, 0.15) is 102 Å². The molecule has 3 N–H and O–H groups in total. The lowest BCUT2D eigenvalue weighted by Gasteiger charge is -2.32. The van der Waals surface area contributed by atoms with Gasteiger partial charge in [0.1, 0.15) is 0 Å². The zero-order chi connectivity index (χ0) is 28.5. The van der Waals surface area contributed by atoms with Gasteiger partial charge in [-0.2, -0.15) is 0 Å². The number of hydrogen-bond donors (Lipinski definition) is 2. The van der Waals surface area contributed by atoms with E-state index in [9.17, 15) is 0 Å². The second kappa shape index (κ2) is 14.3. The molecule has 1 aliphatic carbocycles. The van der Waals surface area contributed by atoms with Crippen LogP contribution in [0.5, 0.6) is 0 Å². The van der Waals surface area contributed by atoms with E-state index in [4.69, 9.17) is 5.73 Å². The van der Waals surface area contributed by atoms with Gasteiger partial charge in [-0.1, -0.05) is 112 Å². The highest BCUT2D eigenvalue weighted by molar-refractivity contribution is 5.86. The fourth-order valence-corrected chi connectivity index (χ4v) is 5.79. The molecule has 4 rings (SSSR count). The fraction of sp³-hybridized carbons (Fsp3) is 0.405. The molecule has 0 saturated heterocycles. The van der Waals surface area contributed by atoms with Crippen molar-refractivity contribution >= 4 is 11.1 Å². The molecule has 1 heterocycles. The normalized spacial score (nSPS) is 19.4. The van der Waals surface area contributed by atoms with Crippen LogP contribution in [0.4, 0.5) is 0 Å². The molecule has 208 valence electrons. The molecule has 2 nitrogen and oxygen atoms in total. The summed E-state index contributed by atoms with van der Waals surface area (Å²) in [5.74, 6) is 0.839. The van der Waals surface area contributed by atoms with Gasteiger partial charge in [-0.05, 0) is 97.2 Å². The Labute approximate surface area is 238 Å². The Kier molecular flexibility index (Phi) is 11.2. The Morgan fingerprint density at radius 2 is 1.74 bits per heavy atom. The first-order chi connectivity index (χ1) is 18.9. The van der Waals surface area contributed by atoms with Crippen LogP contribution in [0, 0.1) is 11.8 Å². The second-order valence-electron chi connectivity index (χ2n) is 10.8. The number of allylic oxidation sites excluding steroid dienone is 7. The summed E-state index contributed by atoms with van der Waals surface area (Å²) in [5, 5.41) is 3.72. The van der Waals surface area contributed by atoms with Gasteiger partial charge in [0, 0.05) is 18.2 Å². The zero-order valence-electron chi connectivity index (χ0n) is 25.6. The standard InChI is InChI=1S/C35H44N2.C2H6/c1-7-10-25(5)34(29-15-13-27(21-36)14-16-29)32-20-30(18-17-28(32)8-2)33-19-23(3)22-37-35(33)31-12-9-11-24(4)26(31)6;1-2/h9,11-18,20,22,26,31,37H,7-8,10,19,21,36H2,1-6H3;1-2H3/b34-25-;. The Bertz CT molecular complexity index is 1280. The van der Waals surface area contributed by atoms with Crippen LogP contribution in [-0.2, 0) is 13.0 Å². The van der Waals surface area contributed by atoms with E-state index in [1.165, 1.54) is 61.4 Å². The molecule has 39 heavy (non-hydrogen) atoms. The third-order valence-corrected chi connectivity index (χ3v) is 8.16. The monoisotopic (exact) mass is 522 g/mol. The summed E-state index contributed by atoms with van der Waals surface area (Å²) in [6.07, 6.45) is 13.3. The largest absolute Gasteiger partial charge is 0.364 e. The first-order valence-electron chi connectivity index (χ1n) is 15.0. The maximum Gasteiger partial charge on any atom is 0.0264 e. The Morgan fingerprint density at radius 3 is 2.38 bits per heavy atom. The summed E-state index contributed by atoms with van der Waals surface area (Å²) in [6.45, 7) is 18.3. The number of aryl methyl sites for hydroxylation is 1. The van der Waals surface area contributed by atoms with Gasteiger partial charge in [0.25, 0.3) is 0 Å². The summed E-state index contributed by atoms with van der Waals surface area (Å²) >= 11 is 0. The van der Waals surface area contributed by atoms with Gasteiger partial charge in [-0.25, -0.2) is 0 Å². The quantitative estimate of drug-likeness (QED) is 0.362. The topological polar surface area (TPSA) is 38.0 Å². The van der Waals surface area contributed by atoms with E-state index in [0.717, 1.165) is 25.7 Å². The highest BCUT2D eigenvalue weighted by Gasteiger charge is 2.27. The highest BCUT2D eigenvalue weighted by atomic mass is 14.9. The van der Waals surface area contributed by atoms with Gasteiger partial charge in [0.15, 0.2) is 0 Å². The minimum absolute atomic E-state index is 0.360. The maximum absolute atomic E-state index is 5.91. The minimum atomic E-state index is 0.360. The van der Waals surface area contributed by atoms with Crippen LogP contribution in [0.3, 0.4) is 0 Å². The lowest BCUT2D eigenvalue weighted by molar-refractivity contribution is 0.524. The second-order valence-corrected chi connectivity index (χ2v) is 10.8. The lowest BCUT2D eigenvalue weighted by Crippen LogP contribution is -2.26. The summed E-state index contributed by atoms with van der Waals surface area (Å²) in [5.41, 5.74) is 20.9. The van der Waals surface area contributed by atoms with E-state index < -0.39 is 0 Å². The van der Waals surface area contributed by atoms with E-state index in [2.05, 4.69) is 114 Å². The van der Waals surface area contributed by atoms with E-state index in [1.807, 2.05) is 13.8 Å². The number of nitrogens with one attached hydrogen (secondary N) is 1. The molecule has 2 atom stereocenters. The van der Waals surface area contributed by atoms with Crippen molar-refractivity contribution in [1.29, 1.82) is 0 Å². The van der Waals surface area contributed by atoms with Gasteiger partial charge in [0.2, 0.25) is 0 Å². The van der Waals surface area contributed by atoms with Crippen molar-refractivity contribution in [2.24, 2.45) is 17.6 Å². The Morgan fingerprint density at radius 1 is 1.03 bits per heavy atom. The molecule has 0 bridgehead atoms. The third-order valence-electron chi connectivity index (χ3n) is 8.16. The molecule has 2 aromatic carbocycles. The summed E-state index contributed by atoms with van der Waals surface area (Å²) < 4.78 is 0. The molecule has 0 radical (unpaired) electrons. The van der Waals surface area contributed by atoms with Crippen molar-refractivity contribution in [2.75, 3.05) is 0 Å². The molecule has 0 saturated carbocycles. The molecule has 0 spiro atoms. The van der Waals surface area contributed by atoms with Gasteiger partial charge in [-0.3, -0.25) is 0 Å². The summed E-state index contributed by atoms with van der Waals surface area (Å²) in [6, 6.07) is 16.1. The zero-order valence-corrected chi connectivity index (χ0v) is 25.6. The van der Waals surface area contributed by atoms with Crippen molar-refractivity contribution in [3.8, 4) is 0 Å². The van der Waals surface area contributed by atoms with Crippen LogP contribution in [0.2, 0.25) is 0 Å². The average Bonchev–Trinajstić information content (AvgIpc) is 2.96. The van der Waals surface area contributed by atoms with Crippen molar-refractivity contribution in [2.45, 2.75) is 87.6 Å². The van der Waals surface area contributed by atoms with E-state index in [1.54, 1.807) is 0 Å². The van der Waals surface area contributed by atoms with Crippen molar-refractivity contribution < 1.29 is 0 Å². The van der Waals surface area contributed by atoms with Crippen LogP contribution >= 0.6 is 0 Å². The maximum atomic E-state index is 5.91. The first-order valence-corrected chi connectivity index (χ1v) is 15.0. The molecule has 1 aliphatic heterocycles. The third kappa shape index (κ3) is 6.92. The number of dihydropyridines is 1. The van der Waals surface area contributed by atoms with Gasteiger partial charge in [0.05, 0.1) is 0 Å². The summed E-state index contributed by atoms with van der Waals surface area (Å²) in [4.78, 5) is 0. The van der Waals surface area contributed by atoms with Crippen molar-refractivity contribution in [3.05, 3.63) is 117 Å². The van der Waals surface area contributed by atoms with Crippen LogP contribution in [-0.4, -0.2) is 0 Å². The molecule has 0 aromatic heterocycles. The van der Waals surface area contributed by atoms with E-state index in [-0.39, 0.29) is 0 Å². The number of rotatable bonds is 8. The van der Waals surface area contributed by atoms with E-state index in [0.29, 0.717) is 18.4 Å². The predicted molar refractivity (Wildman–Crippen MR) is 172 cm³/mol. The van der Waals surface area contributed by atoms with Gasteiger partial charge in [-0.15, -0.1) is 0 Å².